The monoisotopic (exact) mass is 270 g/mol. The van der Waals surface area contributed by atoms with Crippen molar-refractivity contribution in [1.82, 2.24) is 5.32 Å². The van der Waals surface area contributed by atoms with E-state index >= 15 is 0 Å². The summed E-state index contributed by atoms with van der Waals surface area (Å²) in [5.41, 5.74) is 1.85. The minimum atomic E-state index is -0.319. The van der Waals surface area contributed by atoms with Crippen molar-refractivity contribution in [2.75, 3.05) is 25.6 Å². The fraction of sp³-hybridized carbons (Fsp3) is 0.462. The van der Waals surface area contributed by atoms with E-state index in [0.717, 1.165) is 11.3 Å². The third-order valence-electron chi connectivity index (χ3n) is 2.55. The zero-order valence-corrected chi connectivity index (χ0v) is 11.7. The summed E-state index contributed by atoms with van der Waals surface area (Å²) in [6.07, 6.45) is 0. The third kappa shape index (κ3) is 4.55. The number of rotatable bonds is 6. The van der Waals surface area contributed by atoms with Gasteiger partial charge in [-0.1, -0.05) is 17.7 Å². The van der Waals surface area contributed by atoms with Gasteiger partial charge < -0.3 is 15.4 Å². The summed E-state index contributed by atoms with van der Waals surface area (Å²) in [5, 5.41) is 6.56. The van der Waals surface area contributed by atoms with Crippen LogP contribution in [0.5, 0.6) is 0 Å². The van der Waals surface area contributed by atoms with Gasteiger partial charge in [0, 0.05) is 24.4 Å². The van der Waals surface area contributed by atoms with Crippen molar-refractivity contribution in [3.05, 3.63) is 28.8 Å². The van der Waals surface area contributed by atoms with Crippen LogP contribution in [0.2, 0.25) is 5.02 Å². The topological polar surface area (TPSA) is 50.4 Å². The molecule has 1 aromatic carbocycles. The molecule has 100 valence electrons. The van der Waals surface area contributed by atoms with Gasteiger partial charge in [0.1, 0.15) is 6.04 Å². The highest BCUT2D eigenvalue weighted by Crippen LogP contribution is 2.20. The lowest BCUT2D eigenvalue weighted by Crippen LogP contribution is -2.39. The second-order valence-corrected chi connectivity index (χ2v) is 4.52. The molecule has 0 radical (unpaired) electrons. The molecule has 18 heavy (non-hydrogen) atoms. The predicted molar refractivity (Wildman–Crippen MR) is 74.2 cm³/mol. The molecule has 0 spiro atoms. The molecule has 0 bridgehead atoms. The molecule has 2 N–H and O–H groups in total. The summed E-state index contributed by atoms with van der Waals surface area (Å²) in [4.78, 5) is 11.7. The van der Waals surface area contributed by atoms with Gasteiger partial charge in [-0.05, 0) is 31.5 Å². The van der Waals surface area contributed by atoms with Crippen molar-refractivity contribution in [3.63, 3.8) is 0 Å². The number of anilines is 1. The SMILES string of the molecule is COCCNC(=O)C(C)Nc1ccc(C)c(Cl)c1. The fourth-order valence-electron chi connectivity index (χ4n) is 1.43. The summed E-state index contributed by atoms with van der Waals surface area (Å²) in [6, 6.07) is 5.32. The number of carbonyl (C=O) groups excluding carboxylic acids is 1. The highest BCUT2D eigenvalue weighted by Gasteiger charge is 2.12. The van der Waals surface area contributed by atoms with Crippen molar-refractivity contribution in [3.8, 4) is 0 Å². The molecule has 1 aromatic rings. The van der Waals surface area contributed by atoms with Crippen molar-refractivity contribution >= 4 is 23.2 Å². The smallest absolute Gasteiger partial charge is 0.242 e. The highest BCUT2D eigenvalue weighted by molar-refractivity contribution is 6.31. The second kappa shape index (κ2) is 7.24. The lowest BCUT2D eigenvalue weighted by Gasteiger charge is -2.15. The lowest BCUT2D eigenvalue weighted by atomic mass is 10.2. The summed E-state index contributed by atoms with van der Waals surface area (Å²) < 4.78 is 4.87. The van der Waals surface area contributed by atoms with Crippen molar-refractivity contribution in [2.45, 2.75) is 19.9 Å². The quantitative estimate of drug-likeness (QED) is 0.780. The number of hydrogen-bond donors (Lipinski definition) is 2. The Balaban J connectivity index is 2.50. The Labute approximate surface area is 113 Å². The van der Waals surface area contributed by atoms with Gasteiger partial charge >= 0.3 is 0 Å². The van der Waals surface area contributed by atoms with E-state index in [-0.39, 0.29) is 11.9 Å². The molecule has 1 amide bonds. The summed E-state index contributed by atoms with van der Waals surface area (Å²) >= 11 is 6.02. The standard InChI is InChI=1S/C13H19ClN2O2/c1-9-4-5-11(8-12(9)14)16-10(2)13(17)15-6-7-18-3/h4-5,8,10,16H,6-7H2,1-3H3,(H,15,17). The largest absolute Gasteiger partial charge is 0.383 e. The number of benzene rings is 1. The molecule has 0 saturated heterocycles. The first-order valence-corrected chi connectivity index (χ1v) is 6.21. The van der Waals surface area contributed by atoms with Crippen LogP contribution in [-0.4, -0.2) is 32.2 Å². The van der Waals surface area contributed by atoms with Crippen LogP contribution in [0.3, 0.4) is 0 Å². The van der Waals surface area contributed by atoms with Crippen molar-refractivity contribution in [2.24, 2.45) is 0 Å². The zero-order chi connectivity index (χ0) is 13.5. The van der Waals surface area contributed by atoms with E-state index < -0.39 is 0 Å². The van der Waals surface area contributed by atoms with Crippen LogP contribution in [0.4, 0.5) is 5.69 Å². The van der Waals surface area contributed by atoms with E-state index in [4.69, 9.17) is 16.3 Å². The van der Waals surface area contributed by atoms with Crippen molar-refractivity contribution < 1.29 is 9.53 Å². The Morgan fingerprint density at radius 1 is 1.50 bits per heavy atom. The molecule has 0 aliphatic heterocycles. The second-order valence-electron chi connectivity index (χ2n) is 4.11. The Kier molecular flexibility index (Phi) is 5.95. The molecule has 0 saturated carbocycles. The normalized spacial score (nSPS) is 12.0. The van der Waals surface area contributed by atoms with Gasteiger partial charge in [0.2, 0.25) is 5.91 Å². The number of hydrogen-bond acceptors (Lipinski definition) is 3. The zero-order valence-electron chi connectivity index (χ0n) is 10.9. The first-order valence-electron chi connectivity index (χ1n) is 5.84. The Bertz CT molecular complexity index is 410. The molecule has 1 rings (SSSR count). The molecule has 0 heterocycles. The van der Waals surface area contributed by atoms with E-state index in [2.05, 4.69) is 10.6 Å². The number of methoxy groups -OCH3 is 1. The molecule has 0 aliphatic carbocycles. The Morgan fingerprint density at radius 3 is 2.83 bits per heavy atom. The van der Waals surface area contributed by atoms with Crippen LogP contribution in [0.15, 0.2) is 18.2 Å². The van der Waals surface area contributed by atoms with Gasteiger partial charge in [0.15, 0.2) is 0 Å². The van der Waals surface area contributed by atoms with E-state index in [0.29, 0.717) is 18.2 Å². The first-order chi connectivity index (χ1) is 8.54. The van der Waals surface area contributed by atoms with Gasteiger partial charge in [-0.15, -0.1) is 0 Å². The van der Waals surface area contributed by atoms with E-state index in [1.807, 2.05) is 25.1 Å². The van der Waals surface area contributed by atoms with E-state index in [1.165, 1.54) is 0 Å². The molecule has 4 nitrogen and oxygen atoms in total. The number of amides is 1. The van der Waals surface area contributed by atoms with E-state index in [9.17, 15) is 4.79 Å². The molecule has 0 aromatic heterocycles. The van der Waals surface area contributed by atoms with Crippen LogP contribution in [0.1, 0.15) is 12.5 Å². The summed E-state index contributed by atoms with van der Waals surface area (Å²) in [5.74, 6) is -0.0660. The maximum atomic E-state index is 11.7. The maximum Gasteiger partial charge on any atom is 0.242 e. The fourth-order valence-corrected chi connectivity index (χ4v) is 1.61. The van der Waals surface area contributed by atoms with Gasteiger partial charge in [-0.3, -0.25) is 4.79 Å². The Morgan fingerprint density at radius 2 is 2.22 bits per heavy atom. The average molecular weight is 271 g/mol. The molecular weight excluding hydrogens is 252 g/mol. The first kappa shape index (κ1) is 14.8. The average Bonchev–Trinajstić information content (AvgIpc) is 2.34. The molecule has 1 unspecified atom stereocenters. The number of carbonyl (C=O) groups is 1. The number of ether oxygens (including phenoxy) is 1. The molecule has 1 atom stereocenters. The molecule has 0 aliphatic rings. The van der Waals surface area contributed by atoms with Crippen LogP contribution in [0, 0.1) is 6.92 Å². The molecule has 5 heteroatoms. The lowest BCUT2D eigenvalue weighted by molar-refractivity contribution is -0.121. The van der Waals surface area contributed by atoms with Gasteiger partial charge in [-0.2, -0.15) is 0 Å². The summed E-state index contributed by atoms with van der Waals surface area (Å²) in [6.45, 7) is 4.76. The number of nitrogens with one attached hydrogen (secondary N) is 2. The van der Waals surface area contributed by atoms with Crippen LogP contribution >= 0.6 is 11.6 Å². The van der Waals surface area contributed by atoms with Crippen LogP contribution in [0.25, 0.3) is 0 Å². The van der Waals surface area contributed by atoms with Crippen LogP contribution < -0.4 is 10.6 Å². The number of halogens is 1. The maximum absolute atomic E-state index is 11.7. The van der Waals surface area contributed by atoms with Crippen molar-refractivity contribution in [1.29, 1.82) is 0 Å². The van der Waals surface area contributed by atoms with Crippen LogP contribution in [-0.2, 0) is 9.53 Å². The number of aryl methyl sites for hydroxylation is 1. The van der Waals surface area contributed by atoms with Gasteiger partial charge in [-0.25, -0.2) is 0 Å². The molecule has 0 fully saturated rings. The molecular formula is C13H19ClN2O2. The third-order valence-corrected chi connectivity index (χ3v) is 2.96. The summed E-state index contributed by atoms with van der Waals surface area (Å²) in [7, 11) is 1.60. The minimum absolute atomic E-state index is 0.0660. The highest BCUT2D eigenvalue weighted by atomic mass is 35.5. The Hall–Kier alpha value is -1.26. The predicted octanol–water partition coefficient (Wildman–Crippen LogP) is 2.21. The van der Waals surface area contributed by atoms with Gasteiger partial charge in [0.05, 0.1) is 6.61 Å². The minimum Gasteiger partial charge on any atom is -0.383 e. The van der Waals surface area contributed by atoms with Gasteiger partial charge in [0.25, 0.3) is 0 Å². The van der Waals surface area contributed by atoms with E-state index in [1.54, 1.807) is 14.0 Å².